The Morgan fingerprint density at radius 3 is 2.56 bits per heavy atom. The zero-order chi connectivity index (χ0) is 13.0. The molecule has 0 aliphatic heterocycles. The quantitative estimate of drug-likeness (QED) is 0.874. The summed E-state index contributed by atoms with van der Waals surface area (Å²) in [4.78, 5) is 4.47. The lowest BCUT2D eigenvalue weighted by Gasteiger charge is -2.15. The third-order valence-electron chi connectivity index (χ3n) is 3.00. The van der Waals surface area contributed by atoms with Gasteiger partial charge in [-0.2, -0.15) is 0 Å². The number of nitrogens with zero attached hydrogens (tertiary/aromatic N) is 2. The molecule has 1 aromatic carbocycles. The van der Waals surface area contributed by atoms with Crippen molar-refractivity contribution < 1.29 is 0 Å². The summed E-state index contributed by atoms with van der Waals surface area (Å²) in [5.41, 5.74) is 2.20. The molecule has 1 unspecified atom stereocenters. The molecule has 2 aromatic rings. The Bertz CT molecular complexity index is 473. The zero-order valence-corrected chi connectivity index (χ0v) is 11.3. The summed E-state index contributed by atoms with van der Waals surface area (Å²) < 4.78 is 2.16. The molecule has 3 heteroatoms. The van der Waals surface area contributed by atoms with Gasteiger partial charge in [-0.25, -0.2) is 4.98 Å². The van der Waals surface area contributed by atoms with Crippen molar-refractivity contribution >= 4 is 0 Å². The molecular weight excluding hydrogens is 222 g/mol. The molecule has 1 atom stereocenters. The van der Waals surface area contributed by atoms with E-state index < -0.39 is 0 Å². The lowest BCUT2D eigenvalue weighted by molar-refractivity contribution is 0.464. The molecule has 0 aliphatic carbocycles. The van der Waals surface area contributed by atoms with Crippen LogP contribution in [-0.4, -0.2) is 22.1 Å². The lowest BCUT2D eigenvalue weighted by Crippen LogP contribution is -2.28. The van der Waals surface area contributed by atoms with Crippen molar-refractivity contribution in [1.29, 1.82) is 0 Å². The third-order valence-corrected chi connectivity index (χ3v) is 3.00. The van der Waals surface area contributed by atoms with Crippen LogP contribution in [0.5, 0.6) is 0 Å². The first-order chi connectivity index (χ1) is 8.66. The summed E-state index contributed by atoms with van der Waals surface area (Å²) in [6.07, 6.45) is 4.02. The van der Waals surface area contributed by atoms with Gasteiger partial charge in [-0.05, 0) is 6.92 Å². The average Bonchev–Trinajstić information content (AvgIpc) is 2.86. The van der Waals surface area contributed by atoms with E-state index in [4.69, 9.17) is 0 Å². The molecule has 0 saturated carbocycles. The molecule has 1 heterocycles. The van der Waals surface area contributed by atoms with Gasteiger partial charge in [-0.15, -0.1) is 0 Å². The van der Waals surface area contributed by atoms with Gasteiger partial charge >= 0.3 is 0 Å². The SMILES string of the molecule is CC(C)NCC(C)n1cnc(-c2ccccc2)c1. The van der Waals surface area contributed by atoms with E-state index in [9.17, 15) is 0 Å². The number of hydrogen-bond acceptors (Lipinski definition) is 2. The predicted molar refractivity (Wildman–Crippen MR) is 75.5 cm³/mol. The molecule has 0 aliphatic rings. The summed E-state index contributed by atoms with van der Waals surface area (Å²) in [6.45, 7) is 7.49. The van der Waals surface area contributed by atoms with Crippen LogP contribution in [-0.2, 0) is 0 Å². The monoisotopic (exact) mass is 243 g/mol. The first kappa shape index (κ1) is 12.8. The van der Waals surface area contributed by atoms with Crippen LogP contribution in [0.15, 0.2) is 42.9 Å². The van der Waals surface area contributed by atoms with E-state index in [2.05, 4.69) is 54.0 Å². The number of aromatic nitrogens is 2. The van der Waals surface area contributed by atoms with Crippen LogP contribution in [0, 0.1) is 0 Å². The van der Waals surface area contributed by atoms with Crippen LogP contribution >= 0.6 is 0 Å². The molecule has 0 radical (unpaired) electrons. The van der Waals surface area contributed by atoms with Crippen LogP contribution in [0.1, 0.15) is 26.8 Å². The maximum atomic E-state index is 4.47. The van der Waals surface area contributed by atoms with Gasteiger partial charge in [-0.1, -0.05) is 44.2 Å². The maximum absolute atomic E-state index is 4.47. The van der Waals surface area contributed by atoms with E-state index in [1.807, 2.05) is 24.5 Å². The Balaban J connectivity index is 2.06. The number of nitrogens with one attached hydrogen (secondary N) is 1. The average molecular weight is 243 g/mol. The van der Waals surface area contributed by atoms with Crippen molar-refractivity contribution in [3.05, 3.63) is 42.9 Å². The van der Waals surface area contributed by atoms with E-state index in [0.717, 1.165) is 12.2 Å². The topological polar surface area (TPSA) is 29.9 Å². The van der Waals surface area contributed by atoms with Gasteiger partial charge in [0.1, 0.15) is 0 Å². The standard InChI is InChI=1S/C15H21N3/c1-12(2)16-9-13(3)18-10-15(17-11-18)14-7-5-4-6-8-14/h4-8,10-13,16H,9H2,1-3H3. The Kier molecular flexibility index (Phi) is 4.15. The smallest absolute Gasteiger partial charge is 0.0956 e. The number of rotatable bonds is 5. The van der Waals surface area contributed by atoms with Crippen molar-refractivity contribution in [2.75, 3.05) is 6.54 Å². The minimum atomic E-state index is 0.414. The van der Waals surface area contributed by atoms with Gasteiger partial charge in [0.2, 0.25) is 0 Å². The van der Waals surface area contributed by atoms with Crippen LogP contribution in [0.25, 0.3) is 11.3 Å². The summed E-state index contributed by atoms with van der Waals surface area (Å²) in [5.74, 6) is 0. The molecule has 3 nitrogen and oxygen atoms in total. The zero-order valence-electron chi connectivity index (χ0n) is 11.3. The number of benzene rings is 1. The highest BCUT2D eigenvalue weighted by Crippen LogP contribution is 2.17. The molecule has 1 aromatic heterocycles. The van der Waals surface area contributed by atoms with Crippen molar-refractivity contribution in [3.8, 4) is 11.3 Å². The fraction of sp³-hybridized carbons (Fsp3) is 0.400. The summed E-state index contributed by atoms with van der Waals surface area (Å²) in [5, 5.41) is 3.44. The van der Waals surface area contributed by atoms with Crippen molar-refractivity contribution in [2.45, 2.75) is 32.9 Å². The third kappa shape index (κ3) is 3.20. The normalized spacial score (nSPS) is 12.9. The molecule has 96 valence electrons. The van der Waals surface area contributed by atoms with Crippen molar-refractivity contribution in [2.24, 2.45) is 0 Å². The highest BCUT2D eigenvalue weighted by Gasteiger charge is 2.07. The predicted octanol–water partition coefficient (Wildman–Crippen LogP) is 3.11. The van der Waals surface area contributed by atoms with Crippen LogP contribution in [0.4, 0.5) is 0 Å². The number of hydrogen-bond donors (Lipinski definition) is 1. The summed E-state index contributed by atoms with van der Waals surface area (Å²) >= 11 is 0. The molecule has 0 bridgehead atoms. The van der Waals surface area contributed by atoms with E-state index >= 15 is 0 Å². The molecule has 0 spiro atoms. The summed E-state index contributed by atoms with van der Waals surface area (Å²) in [7, 11) is 0. The fourth-order valence-corrected chi connectivity index (χ4v) is 1.85. The van der Waals surface area contributed by atoms with Gasteiger partial charge in [0.15, 0.2) is 0 Å². The van der Waals surface area contributed by atoms with E-state index in [1.165, 1.54) is 5.56 Å². The van der Waals surface area contributed by atoms with Crippen molar-refractivity contribution in [3.63, 3.8) is 0 Å². The Labute approximate surface area is 109 Å². The Hall–Kier alpha value is -1.61. The first-order valence-corrected chi connectivity index (χ1v) is 6.49. The van der Waals surface area contributed by atoms with Crippen molar-refractivity contribution in [1.82, 2.24) is 14.9 Å². The maximum Gasteiger partial charge on any atom is 0.0956 e. The highest BCUT2D eigenvalue weighted by atomic mass is 15.1. The van der Waals surface area contributed by atoms with E-state index in [-0.39, 0.29) is 0 Å². The second-order valence-electron chi connectivity index (χ2n) is 4.98. The van der Waals surface area contributed by atoms with E-state index in [1.54, 1.807) is 0 Å². The van der Waals surface area contributed by atoms with Gasteiger partial charge in [0.05, 0.1) is 12.0 Å². The molecule has 18 heavy (non-hydrogen) atoms. The van der Waals surface area contributed by atoms with Gasteiger partial charge < -0.3 is 9.88 Å². The first-order valence-electron chi connectivity index (χ1n) is 6.49. The van der Waals surface area contributed by atoms with Crippen LogP contribution < -0.4 is 5.32 Å². The largest absolute Gasteiger partial charge is 0.333 e. The molecule has 1 N–H and O–H groups in total. The molecular formula is C15H21N3. The Morgan fingerprint density at radius 1 is 1.17 bits per heavy atom. The fourth-order valence-electron chi connectivity index (χ4n) is 1.85. The molecule has 2 rings (SSSR count). The molecule has 0 amide bonds. The summed E-state index contributed by atoms with van der Waals surface area (Å²) in [6, 6.07) is 11.2. The Morgan fingerprint density at radius 2 is 1.89 bits per heavy atom. The van der Waals surface area contributed by atoms with Gasteiger partial charge in [-0.3, -0.25) is 0 Å². The second kappa shape index (κ2) is 5.83. The van der Waals surface area contributed by atoms with Crippen LogP contribution in [0.2, 0.25) is 0 Å². The minimum Gasteiger partial charge on any atom is -0.333 e. The highest BCUT2D eigenvalue weighted by molar-refractivity contribution is 5.57. The number of imidazole rings is 1. The second-order valence-corrected chi connectivity index (χ2v) is 4.98. The lowest BCUT2D eigenvalue weighted by atomic mass is 10.2. The molecule has 0 fully saturated rings. The molecule has 0 saturated heterocycles. The van der Waals surface area contributed by atoms with Gasteiger partial charge in [0, 0.05) is 30.4 Å². The van der Waals surface area contributed by atoms with E-state index in [0.29, 0.717) is 12.1 Å². The minimum absolute atomic E-state index is 0.414. The van der Waals surface area contributed by atoms with Gasteiger partial charge in [0.25, 0.3) is 0 Å². The van der Waals surface area contributed by atoms with Crippen LogP contribution in [0.3, 0.4) is 0 Å².